The minimum Gasteiger partial charge on any atom is -0.402 e. The topological polar surface area (TPSA) is 80.0 Å². The number of carbonyl (C=O) groups is 1. The molecule has 0 spiro atoms. The van der Waals surface area contributed by atoms with Gasteiger partial charge in [-0.2, -0.15) is 4.79 Å². The average molecular weight is 105 g/mol. The van der Waals surface area contributed by atoms with Gasteiger partial charge >= 0.3 is 6.09 Å². The van der Waals surface area contributed by atoms with Crippen LogP contribution in [0.25, 0.3) is 0 Å². The van der Waals surface area contributed by atoms with Gasteiger partial charge in [0.05, 0.1) is 0 Å². The summed E-state index contributed by atoms with van der Waals surface area (Å²) in [6.07, 6.45) is -1.13. The van der Waals surface area contributed by atoms with E-state index < -0.39 is 12.3 Å². The molecule has 0 saturated carbocycles. The Balaban J connectivity index is 3.13. The molecule has 5 N–H and O–H groups in total. The maximum atomic E-state index is 9.84. The SMILES string of the molecule is CC(N)OC([NH3+])=O. The first-order valence-corrected chi connectivity index (χ1v) is 1.91. The molecule has 0 bridgehead atoms. The van der Waals surface area contributed by atoms with Gasteiger partial charge in [0.25, 0.3) is 0 Å². The highest BCUT2D eigenvalue weighted by Gasteiger charge is 1.99. The second kappa shape index (κ2) is 2.54. The van der Waals surface area contributed by atoms with Gasteiger partial charge in [-0.3, -0.25) is 11.5 Å². The van der Waals surface area contributed by atoms with Crippen molar-refractivity contribution in [1.29, 1.82) is 0 Å². The predicted octanol–water partition coefficient (Wildman–Crippen LogP) is -1.33. The van der Waals surface area contributed by atoms with E-state index in [-0.39, 0.29) is 0 Å². The molecule has 0 aromatic rings. The third-order valence-corrected chi connectivity index (χ3v) is 0.317. The van der Waals surface area contributed by atoms with Crippen molar-refractivity contribution >= 4 is 6.09 Å². The summed E-state index contributed by atoms with van der Waals surface area (Å²) in [5.74, 6) is 0. The molecule has 4 nitrogen and oxygen atoms in total. The average Bonchev–Trinajstić information content (AvgIpc) is 1.27. The van der Waals surface area contributed by atoms with Crippen LogP contribution < -0.4 is 11.5 Å². The van der Waals surface area contributed by atoms with Crippen LogP contribution in [0.4, 0.5) is 4.79 Å². The lowest BCUT2D eigenvalue weighted by atomic mass is 10.7. The highest BCUT2D eigenvalue weighted by molar-refractivity contribution is 5.54. The molecule has 1 unspecified atom stereocenters. The zero-order valence-electron chi connectivity index (χ0n) is 4.18. The summed E-state index contributed by atoms with van der Waals surface area (Å²) >= 11 is 0. The van der Waals surface area contributed by atoms with Gasteiger partial charge in [0.1, 0.15) is 0 Å². The van der Waals surface area contributed by atoms with E-state index in [1.807, 2.05) is 0 Å². The molecule has 7 heavy (non-hydrogen) atoms. The lowest BCUT2D eigenvalue weighted by molar-refractivity contribution is -0.286. The summed E-state index contributed by atoms with van der Waals surface area (Å²) in [5.41, 5.74) is 7.95. The van der Waals surface area contributed by atoms with Crippen LogP contribution in [0, 0.1) is 0 Å². The molecule has 0 saturated heterocycles. The first kappa shape index (κ1) is 6.39. The fourth-order valence-corrected chi connectivity index (χ4v) is 0.207. The molecule has 42 valence electrons. The van der Waals surface area contributed by atoms with E-state index in [0.717, 1.165) is 0 Å². The number of amides is 1. The summed E-state index contributed by atoms with van der Waals surface area (Å²) in [6, 6.07) is 0. The number of ether oxygens (including phenoxy) is 1. The Morgan fingerprint density at radius 3 is 2.43 bits per heavy atom. The van der Waals surface area contributed by atoms with Crippen molar-refractivity contribution < 1.29 is 15.3 Å². The summed E-state index contributed by atoms with van der Waals surface area (Å²) in [7, 11) is 0. The fourth-order valence-electron chi connectivity index (χ4n) is 0.207. The summed E-state index contributed by atoms with van der Waals surface area (Å²) < 4.78 is 4.28. The van der Waals surface area contributed by atoms with E-state index in [4.69, 9.17) is 5.73 Å². The highest BCUT2D eigenvalue weighted by Crippen LogP contribution is 1.74. The summed E-state index contributed by atoms with van der Waals surface area (Å²) in [4.78, 5) is 9.84. The smallest absolute Gasteiger partial charge is 0.402 e. The van der Waals surface area contributed by atoms with Gasteiger partial charge in [0.2, 0.25) is 0 Å². The van der Waals surface area contributed by atoms with Gasteiger partial charge in [-0.1, -0.05) is 0 Å². The quantitative estimate of drug-likeness (QED) is 0.405. The molecule has 0 aromatic carbocycles. The Hall–Kier alpha value is -0.610. The molecule has 0 aliphatic heterocycles. The van der Waals surface area contributed by atoms with Gasteiger partial charge < -0.3 is 4.74 Å². The Morgan fingerprint density at radius 2 is 2.43 bits per heavy atom. The first-order valence-electron chi connectivity index (χ1n) is 1.91. The van der Waals surface area contributed by atoms with Crippen molar-refractivity contribution in [3.63, 3.8) is 0 Å². The molecule has 4 heteroatoms. The van der Waals surface area contributed by atoms with Crippen LogP contribution in [0.3, 0.4) is 0 Å². The summed E-state index contributed by atoms with van der Waals surface area (Å²) in [5, 5.41) is 0. The van der Waals surface area contributed by atoms with Crippen LogP contribution in [0.5, 0.6) is 0 Å². The molecule has 1 amide bonds. The van der Waals surface area contributed by atoms with Gasteiger partial charge in [0, 0.05) is 0 Å². The number of carbonyl (C=O) groups excluding carboxylic acids is 1. The molecule has 0 aliphatic rings. The molecule has 0 fully saturated rings. The Morgan fingerprint density at radius 1 is 2.00 bits per heavy atom. The Labute approximate surface area is 41.4 Å². The number of quaternary nitrogens is 1. The molecular formula is C3H9N2O2+. The lowest BCUT2D eigenvalue weighted by Crippen LogP contribution is -2.58. The normalized spacial score (nSPS) is 13.0. The molecular weight excluding hydrogens is 96.0 g/mol. The van der Waals surface area contributed by atoms with Crippen molar-refractivity contribution in [3.8, 4) is 0 Å². The Bertz CT molecular complexity index is 71.3. The number of rotatable bonds is 1. The zero-order chi connectivity index (χ0) is 5.86. The standard InChI is InChI=1S/C3H8N2O2/c1-2(4)7-3(5)6/h2H,4H2,1H3,(H2,5,6)/p+1. The molecule has 1 atom stereocenters. The first-order chi connectivity index (χ1) is 3.13. The van der Waals surface area contributed by atoms with Crippen molar-refractivity contribution in [2.24, 2.45) is 5.73 Å². The highest BCUT2D eigenvalue weighted by atomic mass is 16.6. The Kier molecular flexibility index (Phi) is 2.32. The van der Waals surface area contributed by atoms with Gasteiger partial charge in [0.15, 0.2) is 6.23 Å². The van der Waals surface area contributed by atoms with E-state index in [2.05, 4.69) is 10.5 Å². The predicted molar refractivity (Wildman–Crippen MR) is 23.0 cm³/mol. The van der Waals surface area contributed by atoms with Crippen LogP contribution in [-0.2, 0) is 4.74 Å². The third-order valence-electron chi connectivity index (χ3n) is 0.317. The number of nitrogens with two attached hydrogens (primary N) is 1. The van der Waals surface area contributed by atoms with Crippen molar-refractivity contribution in [2.45, 2.75) is 13.2 Å². The van der Waals surface area contributed by atoms with E-state index >= 15 is 0 Å². The zero-order valence-corrected chi connectivity index (χ0v) is 4.18. The molecule has 0 aliphatic carbocycles. The summed E-state index contributed by atoms with van der Waals surface area (Å²) in [6.45, 7) is 1.56. The maximum Gasteiger partial charge on any atom is 0.512 e. The molecule has 0 rings (SSSR count). The van der Waals surface area contributed by atoms with E-state index in [1.165, 1.54) is 0 Å². The molecule has 0 aromatic heterocycles. The van der Waals surface area contributed by atoms with Gasteiger partial charge in [-0.25, -0.2) is 0 Å². The maximum absolute atomic E-state index is 9.84. The van der Waals surface area contributed by atoms with Crippen molar-refractivity contribution in [1.82, 2.24) is 0 Å². The molecule has 0 radical (unpaired) electrons. The molecule has 0 heterocycles. The van der Waals surface area contributed by atoms with Crippen molar-refractivity contribution in [3.05, 3.63) is 0 Å². The third kappa shape index (κ3) is 5.39. The van der Waals surface area contributed by atoms with E-state index in [1.54, 1.807) is 6.92 Å². The van der Waals surface area contributed by atoms with Crippen LogP contribution >= 0.6 is 0 Å². The monoisotopic (exact) mass is 105 g/mol. The van der Waals surface area contributed by atoms with Crippen LogP contribution in [-0.4, -0.2) is 12.3 Å². The second-order valence-electron chi connectivity index (χ2n) is 1.19. The van der Waals surface area contributed by atoms with E-state index in [9.17, 15) is 4.79 Å². The lowest BCUT2D eigenvalue weighted by Gasteiger charge is -1.98. The van der Waals surface area contributed by atoms with Crippen molar-refractivity contribution in [2.75, 3.05) is 0 Å². The minimum atomic E-state index is -0.588. The largest absolute Gasteiger partial charge is 0.512 e. The number of hydrogen-bond donors (Lipinski definition) is 2. The van der Waals surface area contributed by atoms with Gasteiger partial charge in [-0.05, 0) is 6.92 Å². The van der Waals surface area contributed by atoms with Crippen LogP contribution in [0.2, 0.25) is 0 Å². The second-order valence-corrected chi connectivity index (χ2v) is 1.19. The van der Waals surface area contributed by atoms with Crippen LogP contribution in [0.15, 0.2) is 0 Å². The van der Waals surface area contributed by atoms with Crippen LogP contribution in [0.1, 0.15) is 6.92 Å². The number of hydrogen-bond acceptors (Lipinski definition) is 3. The van der Waals surface area contributed by atoms with Gasteiger partial charge in [-0.15, -0.1) is 0 Å². The van der Waals surface area contributed by atoms with E-state index in [0.29, 0.717) is 0 Å². The minimum absolute atomic E-state index is 0.537. The fraction of sp³-hybridized carbons (Fsp3) is 0.667.